The normalized spacial score (nSPS) is 15.8. The van der Waals surface area contributed by atoms with Crippen LogP contribution in [-0.4, -0.2) is 30.6 Å². The number of halogens is 1. The van der Waals surface area contributed by atoms with Crippen molar-refractivity contribution < 1.29 is 14.3 Å². The van der Waals surface area contributed by atoms with Gasteiger partial charge in [-0.25, -0.2) is 0 Å². The van der Waals surface area contributed by atoms with Crippen molar-refractivity contribution in [1.82, 2.24) is 4.90 Å². The van der Waals surface area contributed by atoms with E-state index in [0.717, 1.165) is 29.8 Å². The van der Waals surface area contributed by atoms with Crippen molar-refractivity contribution in [3.8, 4) is 11.5 Å². The fourth-order valence-corrected chi connectivity index (χ4v) is 3.82. The van der Waals surface area contributed by atoms with Crippen molar-refractivity contribution in [2.45, 2.75) is 20.0 Å². The number of fused-ring (bicyclic) bond motifs is 2. The van der Waals surface area contributed by atoms with Crippen molar-refractivity contribution >= 4 is 27.5 Å². The minimum Gasteiger partial charge on any atom is -0.486 e. The highest BCUT2D eigenvalue weighted by molar-refractivity contribution is 9.10. The molecule has 2 aromatic rings. The molecule has 0 bridgehead atoms. The van der Waals surface area contributed by atoms with Gasteiger partial charge in [-0.2, -0.15) is 0 Å². The number of anilines is 1. The second-order valence-corrected chi connectivity index (χ2v) is 7.04. The summed E-state index contributed by atoms with van der Waals surface area (Å²) in [6, 6.07) is 9.58. The van der Waals surface area contributed by atoms with Crippen molar-refractivity contribution in [2.75, 3.05) is 25.1 Å². The Morgan fingerprint density at radius 2 is 2.08 bits per heavy atom. The van der Waals surface area contributed by atoms with E-state index in [1.165, 1.54) is 11.1 Å². The molecule has 5 nitrogen and oxygen atoms in total. The number of hydrogen-bond acceptors (Lipinski definition) is 4. The molecule has 0 saturated carbocycles. The fraction of sp³-hybridized carbons (Fsp3) is 0.316. The molecule has 0 radical (unpaired) electrons. The number of amides is 1. The summed E-state index contributed by atoms with van der Waals surface area (Å²) in [6.45, 7) is 5.96. The highest BCUT2D eigenvalue weighted by Crippen LogP contribution is 2.39. The van der Waals surface area contributed by atoms with Crippen LogP contribution in [0.2, 0.25) is 0 Å². The average Bonchev–Trinajstić information content (AvgIpc) is 3.06. The predicted octanol–water partition coefficient (Wildman–Crippen LogP) is 3.81. The number of carbonyl (C=O) groups excluding carboxylic acids is 1. The van der Waals surface area contributed by atoms with Crippen LogP contribution in [0.1, 0.15) is 28.4 Å². The van der Waals surface area contributed by atoms with Crippen LogP contribution in [0.4, 0.5) is 5.69 Å². The molecular formula is C19H19BrN2O3. The second kappa shape index (κ2) is 6.69. The van der Waals surface area contributed by atoms with Crippen LogP contribution < -0.4 is 14.8 Å². The Morgan fingerprint density at radius 1 is 1.24 bits per heavy atom. The first-order valence-corrected chi connectivity index (χ1v) is 9.18. The van der Waals surface area contributed by atoms with Crippen LogP contribution in [0.15, 0.2) is 34.8 Å². The lowest BCUT2D eigenvalue weighted by atomic mass is 10.1. The molecular weight excluding hydrogens is 384 g/mol. The van der Waals surface area contributed by atoms with Gasteiger partial charge in [0.2, 0.25) is 0 Å². The topological polar surface area (TPSA) is 50.8 Å². The van der Waals surface area contributed by atoms with Gasteiger partial charge in [-0.3, -0.25) is 9.69 Å². The quantitative estimate of drug-likeness (QED) is 0.847. The average molecular weight is 403 g/mol. The van der Waals surface area contributed by atoms with E-state index in [9.17, 15) is 4.79 Å². The van der Waals surface area contributed by atoms with Gasteiger partial charge in [0.1, 0.15) is 13.2 Å². The molecule has 4 rings (SSSR count). The summed E-state index contributed by atoms with van der Waals surface area (Å²) >= 11 is 3.46. The Hall–Kier alpha value is -2.05. The Balaban J connectivity index is 1.60. The van der Waals surface area contributed by atoms with E-state index in [-0.39, 0.29) is 5.91 Å². The van der Waals surface area contributed by atoms with Gasteiger partial charge in [-0.1, -0.05) is 19.1 Å². The highest BCUT2D eigenvalue weighted by Gasteiger charge is 2.23. The zero-order valence-corrected chi connectivity index (χ0v) is 15.6. The molecule has 2 heterocycles. The summed E-state index contributed by atoms with van der Waals surface area (Å²) in [7, 11) is 0. The van der Waals surface area contributed by atoms with Crippen LogP contribution >= 0.6 is 15.9 Å². The van der Waals surface area contributed by atoms with Crippen molar-refractivity contribution in [3.63, 3.8) is 0 Å². The van der Waals surface area contributed by atoms with Crippen molar-refractivity contribution in [2.24, 2.45) is 0 Å². The number of nitrogens with zero attached hydrogens (tertiary/aromatic N) is 1. The molecule has 0 aliphatic carbocycles. The summed E-state index contributed by atoms with van der Waals surface area (Å²) < 4.78 is 11.9. The van der Waals surface area contributed by atoms with Crippen molar-refractivity contribution in [3.05, 3.63) is 51.5 Å². The van der Waals surface area contributed by atoms with E-state index in [1.807, 2.05) is 12.1 Å². The molecule has 0 fully saturated rings. The van der Waals surface area contributed by atoms with Crippen LogP contribution in [0.5, 0.6) is 11.5 Å². The smallest absolute Gasteiger partial charge is 0.255 e. The monoisotopic (exact) mass is 402 g/mol. The number of carbonyl (C=O) groups is 1. The molecule has 130 valence electrons. The first-order valence-electron chi connectivity index (χ1n) is 8.39. The van der Waals surface area contributed by atoms with Gasteiger partial charge in [0.25, 0.3) is 5.91 Å². The summed E-state index contributed by atoms with van der Waals surface area (Å²) in [5.41, 5.74) is 3.90. The molecule has 6 heteroatoms. The molecule has 0 aromatic heterocycles. The fourth-order valence-electron chi connectivity index (χ4n) is 3.27. The standard InChI is InChI=1S/C19H19BrN2O3/c1-2-22-10-12-4-3-5-16(14(12)11-22)21-19(23)13-8-15(20)18-17(9-13)24-6-7-25-18/h3-5,8-9H,2,6-7,10-11H2,1H3,(H,21,23). The maximum atomic E-state index is 12.8. The van der Waals surface area contributed by atoms with Gasteiger partial charge in [-0.15, -0.1) is 0 Å². The van der Waals surface area contributed by atoms with Crippen LogP contribution in [0.3, 0.4) is 0 Å². The first-order chi connectivity index (χ1) is 12.2. The summed E-state index contributed by atoms with van der Waals surface area (Å²) in [5.74, 6) is 1.10. The zero-order valence-electron chi connectivity index (χ0n) is 14.0. The van der Waals surface area contributed by atoms with Crippen LogP contribution in [0, 0.1) is 0 Å². The highest BCUT2D eigenvalue weighted by atomic mass is 79.9. The molecule has 2 aromatic carbocycles. The molecule has 1 N–H and O–H groups in total. The van der Waals surface area contributed by atoms with E-state index < -0.39 is 0 Å². The van der Waals surface area contributed by atoms with Gasteiger partial charge in [0, 0.05) is 24.3 Å². The summed E-state index contributed by atoms with van der Waals surface area (Å²) in [4.78, 5) is 15.1. The van der Waals surface area contributed by atoms with E-state index in [2.05, 4.69) is 39.1 Å². The number of rotatable bonds is 3. The molecule has 0 atom stereocenters. The largest absolute Gasteiger partial charge is 0.486 e. The number of hydrogen-bond donors (Lipinski definition) is 1. The first kappa shape index (κ1) is 16.4. The van der Waals surface area contributed by atoms with E-state index in [0.29, 0.717) is 30.3 Å². The van der Waals surface area contributed by atoms with Gasteiger partial charge < -0.3 is 14.8 Å². The third-order valence-electron chi connectivity index (χ3n) is 4.60. The lowest BCUT2D eigenvalue weighted by molar-refractivity contribution is 0.102. The zero-order chi connectivity index (χ0) is 17.4. The summed E-state index contributed by atoms with van der Waals surface area (Å²) in [6.07, 6.45) is 0. The molecule has 2 aliphatic rings. The number of nitrogens with one attached hydrogen (secondary N) is 1. The van der Waals surface area contributed by atoms with Crippen molar-refractivity contribution in [1.29, 1.82) is 0 Å². The van der Waals surface area contributed by atoms with E-state index in [1.54, 1.807) is 12.1 Å². The van der Waals surface area contributed by atoms with E-state index in [4.69, 9.17) is 9.47 Å². The maximum absolute atomic E-state index is 12.8. The van der Waals surface area contributed by atoms with Crippen LogP contribution in [0.25, 0.3) is 0 Å². The molecule has 0 spiro atoms. The minimum atomic E-state index is -0.152. The maximum Gasteiger partial charge on any atom is 0.255 e. The Kier molecular flexibility index (Phi) is 4.39. The Morgan fingerprint density at radius 3 is 2.92 bits per heavy atom. The lowest BCUT2D eigenvalue weighted by Gasteiger charge is -2.20. The second-order valence-electron chi connectivity index (χ2n) is 6.18. The van der Waals surface area contributed by atoms with Gasteiger partial charge >= 0.3 is 0 Å². The Labute approximate surface area is 155 Å². The lowest BCUT2D eigenvalue weighted by Crippen LogP contribution is -2.18. The minimum absolute atomic E-state index is 0.152. The molecule has 0 saturated heterocycles. The van der Waals surface area contributed by atoms with Gasteiger partial charge in [0.05, 0.1) is 4.47 Å². The SMILES string of the molecule is CCN1Cc2cccc(NC(=O)c3cc(Br)c4c(c3)OCCO4)c2C1. The van der Waals surface area contributed by atoms with Gasteiger partial charge in [0.15, 0.2) is 11.5 Å². The Bertz CT molecular complexity index is 838. The number of ether oxygens (including phenoxy) is 2. The number of benzene rings is 2. The third kappa shape index (κ3) is 3.12. The third-order valence-corrected chi connectivity index (χ3v) is 5.19. The summed E-state index contributed by atoms with van der Waals surface area (Å²) in [5, 5.41) is 3.05. The van der Waals surface area contributed by atoms with Crippen LogP contribution in [-0.2, 0) is 13.1 Å². The molecule has 25 heavy (non-hydrogen) atoms. The van der Waals surface area contributed by atoms with Gasteiger partial charge in [-0.05, 0) is 51.8 Å². The molecule has 2 aliphatic heterocycles. The molecule has 0 unspecified atom stereocenters. The predicted molar refractivity (Wildman–Crippen MR) is 99.3 cm³/mol. The van der Waals surface area contributed by atoms with E-state index >= 15 is 0 Å². The molecule has 1 amide bonds.